The van der Waals surface area contributed by atoms with Crippen LogP contribution in [0.25, 0.3) is 0 Å². The lowest BCUT2D eigenvalue weighted by Crippen LogP contribution is -2.10. The number of carbonyl (C=O) groups is 1. The average Bonchev–Trinajstić information content (AvgIpc) is 3.18. The first-order chi connectivity index (χ1) is 12.6. The first-order valence-corrected chi connectivity index (χ1v) is 9.36. The molecule has 7 heteroatoms. The number of nitrogens with zero attached hydrogens (tertiary/aromatic N) is 1. The Bertz CT molecular complexity index is 772. The fourth-order valence-electron chi connectivity index (χ4n) is 2.66. The summed E-state index contributed by atoms with van der Waals surface area (Å²) in [6, 6.07) is 13.3. The van der Waals surface area contributed by atoms with Gasteiger partial charge in [-0.25, -0.2) is 4.79 Å². The van der Waals surface area contributed by atoms with Gasteiger partial charge >= 0.3 is 5.97 Å². The van der Waals surface area contributed by atoms with E-state index in [4.69, 9.17) is 9.47 Å². The summed E-state index contributed by atoms with van der Waals surface area (Å²) in [4.78, 5) is 23.5. The lowest BCUT2D eigenvalue weighted by molar-refractivity contribution is -0.384. The zero-order valence-corrected chi connectivity index (χ0v) is 14.9. The van der Waals surface area contributed by atoms with Gasteiger partial charge in [0.05, 0.1) is 16.6 Å². The van der Waals surface area contributed by atoms with Crippen LogP contribution in [-0.2, 0) is 16.1 Å². The van der Waals surface area contributed by atoms with Crippen LogP contribution in [0.1, 0.15) is 28.8 Å². The Labute approximate surface area is 155 Å². The van der Waals surface area contributed by atoms with E-state index in [1.165, 1.54) is 12.1 Å². The molecule has 1 heterocycles. The summed E-state index contributed by atoms with van der Waals surface area (Å²) in [5.41, 5.74) is 1.24. The summed E-state index contributed by atoms with van der Waals surface area (Å²) in [5, 5.41) is 10.7. The van der Waals surface area contributed by atoms with E-state index in [1.807, 2.05) is 12.1 Å². The van der Waals surface area contributed by atoms with E-state index >= 15 is 0 Å². The molecule has 0 saturated carbocycles. The van der Waals surface area contributed by atoms with Crippen molar-refractivity contribution in [2.75, 3.05) is 12.4 Å². The van der Waals surface area contributed by atoms with Gasteiger partial charge in [-0.15, -0.1) is 11.8 Å². The van der Waals surface area contributed by atoms with Crippen LogP contribution < -0.4 is 0 Å². The van der Waals surface area contributed by atoms with Crippen LogP contribution in [0.15, 0.2) is 53.4 Å². The third-order valence-corrected chi connectivity index (χ3v) is 5.28. The Kier molecular flexibility index (Phi) is 6.25. The van der Waals surface area contributed by atoms with Crippen molar-refractivity contribution in [3.63, 3.8) is 0 Å². The number of esters is 1. The second kappa shape index (κ2) is 8.82. The molecule has 1 aliphatic heterocycles. The Morgan fingerprint density at radius 2 is 2.00 bits per heavy atom. The second-order valence-electron chi connectivity index (χ2n) is 5.94. The monoisotopic (exact) mass is 373 g/mol. The van der Waals surface area contributed by atoms with Gasteiger partial charge in [0.25, 0.3) is 5.69 Å². The molecule has 2 aromatic carbocycles. The Morgan fingerprint density at radius 3 is 2.69 bits per heavy atom. The highest BCUT2D eigenvalue weighted by Gasteiger charge is 2.18. The molecular weight excluding hydrogens is 354 g/mol. The zero-order valence-electron chi connectivity index (χ0n) is 14.1. The molecule has 3 rings (SSSR count). The minimum absolute atomic E-state index is 0.0101. The molecule has 0 N–H and O–H groups in total. The second-order valence-corrected chi connectivity index (χ2v) is 7.00. The van der Waals surface area contributed by atoms with Crippen LogP contribution >= 0.6 is 11.8 Å². The molecule has 0 spiro atoms. The normalized spacial score (nSPS) is 16.4. The van der Waals surface area contributed by atoms with E-state index in [-0.39, 0.29) is 18.4 Å². The zero-order chi connectivity index (χ0) is 18.4. The minimum atomic E-state index is -0.461. The molecule has 1 aliphatic rings. The van der Waals surface area contributed by atoms with E-state index in [2.05, 4.69) is 0 Å². The van der Waals surface area contributed by atoms with E-state index in [0.29, 0.717) is 11.1 Å². The van der Waals surface area contributed by atoms with Crippen molar-refractivity contribution < 1.29 is 19.2 Å². The van der Waals surface area contributed by atoms with Crippen molar-refractivity contribution in [3.8, 4) is 0 Å². The summed E-state index contributed by atoms with van der Waals surface area (Å²) in [6.45, 7) is 0.881. The first-order valence-electron chi connectivity index (χ1n) is 8.37. The number of hydrogen-bond donors (Lipinski definition) is 0. The largest absolute Gasteiger partial charge is 0.457 e. The van der Waals surface area contributed by atoms with Gasteiger partial charge < -0.3 is 9.47 Å². The van der Waals surface area contributed by atoms with E-state index in [1.54, 1.807) is 36.0 Å². The smallest absolute Gasteiger partial charge is 0.339 e. The fourth-order valence-corrected chi connectivity index (χ4v) is 3.77. The molecule has 1 saturated heterocycles. The number of benzene rings is 2. The highest BCUT2D eigenvalue weighted by atomic mass is 32.2. The van der Waals surface area contributed by atoms with Crippen molar-refractivity contribution in [2.24, 2.45) is 0 Å². The molecule has 1 atom stereocenters. The highest BCUT2D eigenvalue weighted by Crippen LogP contribution is 2.27. The first kappa shape index (κ1) is 18.4. The molecule has 0 unspecified atom stereocenters. The molecule has 6 nitrogen and oxygen atoms in total. The van der Waals surface area contributed by atoms with Gasteiger partial charge in [0.1, 0.15) is 6.61 Å². The Balaban J connectivity index is 1.59. The molecule has 0 aromatic heterocycles. The van der Waals surface area contributed by atoms with Crippen LogP contribution in [0.3, 0.4) is 0 Å². The van der Waals surface area contributed by atoms with Crippen molar-refractivity contribution in [1.82, 2.24) is 0 Å². The molecular formula is C19H19NO5S. The van der Waals surface area contributed by atoms with Gasteiger partial charge in [-0.2, -0.15) is 0 Å². The predicted molar refractivity (Wildman–Crippen MR) is 98.4 cm³/mol. The van der Waals surface area contributed by atoms with Crippen molar-refractivity contribution in [1.29, 1.82) is 0 Å². The van der Waals surface area contributed by atoms with Gasteiger partial charge in [0.15, 0.2) is 0 Å². The predicted octanol–water partition coefficient (Wildman–Crippen LogP) is 4.22. The van der Waals surface area contributed by atoms with Gasteiger partial charge in [0.2, 0.25) is 0 Å². The quantitative estimate of drug-likeness (QED) is 0.313. The van der Waals surface area contributed by atoms with Gasteiger partial charge in [0, 0.05) is 29.4 Å². The van der Waals surface area contributed by atoms with Gasteiger partial charge in [-0.3, -0.25) is 10.1 Å². The maximum atomic E-state index is 12.4. The third kappa shape index (κ3) is 4.83. The molecule has 0 radical (unpaired) electrons. The Hall–Kier alpha value is -2.38. The number of nitro groups is 1. The minimum Gasteiger partial charge on any atom is -0.457 e. The maximum absolute atomic E-state index is 12.4. The SMILES string of the molecule is O=C(OCc1ccc([N+](=O)[O-])cc1)c1ccccc1SC[C@@H]1CCCO1. The number of carbonyl (C=O) groups excluding carboxylic acids is 1. The maximum Gasteiger partial charge on any atom is 0.339 e. The van der Waals surface area contributed by atoms with E-state index in [9.17, 15) is 14.9 Å². The number of thioether (sulfide) groups is 1. The molecule has 2 aromatic rings. The summed E-state index contributed by atoms with van der Waals surface area (Å²) in [7, 11) is 0. The number of nitro benzene ring substituents is 1. The third-order valence-electron chi connectivity index (χ3n) is 4.07. The number of rotatable bonds is 7. The van der Waals surface area contributed by atoms with Crippen LogP contribution in [0.4, 0.5) is 5.69 Å². The summed E-state index contributed by atoms with van der Waals surface area (Å²) in [5.74, 6) is 0.408. The standard InChI is InChI=1S/C19H19NO5S/c21-19(25-12-14-7-9-15(10-8-14)20(22)23)17-5-1-2-6-18(17)26-13-16-4-3-11-24-16/h1-2,5-10,16H,3-4,11-13H2/t16-/m0/s1. The lowest BCUT2D eigenvalue weighted by Gasteiger charge is -2.12. The van der Waals surface area contributed by atoms with Gasteiger partial charge in [-0.1, -0.05) is 12.1 Å². The van der Waals surface area contributed by atoms with Crippen LogP contribution in [0.2, 0.25) is 0 Å². The van der Waals surface area contributed by atoms with E-state index < -0.39 is 10.9 Å². The summed E-state index contributed by atoms with van der Waals surface area (Å²) in [6.07, 6.45) is 2.38. The van der Waals surface area contributed by atoms with E-state index in [0.717, 1.165) is 30.1 Å². The van der Waals surface area contributed by atoms with Crippen LogP contribution in [0.5, 0.6) is 0 Å². The fraction of sp³-hybridized carbons (Fsp3) is 0.316. The average molecular weight is 373 g/mol. The molecule has 136 valence electrons. The van der Waals surface area contributed by atoms with Crippen LogP contribution in [-0.4, -0.2) is 29.4 Å². The highest BCUT2D eigenvalue weighted by molar-refractivity contribution is 7.99. The molecule has 0 amide bonds. The van der Waals surface area contributed by atoms with Crippen molar-refractivity contribution in [3.05, 3.63) is 69.8 Å². The van der Waals surface area contributed by atoms with Crippen LogP contribution in [0, 0.1) is 10.1 Å². The molecule has 1 fully saturated rings. The topological polar surface area (TPSA) is 78.7 Å². The lowest BCUT2D eigenvalue weighted by atomic mass is 10.2. The van der Waals surface area contributed by atoms with Crippen molar-refractivity contribution >= 4 is 23.4 Å². The van der Waals surface area contributed by atoms with Crippen molar-refractivity contribution in [2.45, 2.75) is 30.4 Å². The summed E-state index contributed by atoms with van der Waals surface area (Å²) >= 11 is 1.60. The number of hydrogen-bond acceptors (Lipinski definition) is 6. The summed E-state index contributed by atoms with van der Waals surface area (Å²) < 4.78 is 11.0. The molecule has 26 heavy (non-hydrogen) atoms. The number of non-ortho nitro benzene ring substituents is 1. The molecule has 0 bridgehead atoms. The number of ether oxygens (including phenoxy) is 2. The molecule has 0 aliphatic carbocycles. The van der Waals surface area contributed by atoms with Gasteiger partial charge in [-0.05, 0) is 42.7 Å². The Morgan fingerprint density at radius 1 is 1.23 bits per heavy atom.